The third kappa shape index (κ3) is 2.63. The Kier molecular flexibility index (Phi) is 2.94. The second-order valence-electron chi connectivity index (χ2n) is 6.17. The second kappa shape index (κ2) is 4.02. The lowest BCUT2D eigenvalue weighted by Crippen LogP contribution is -2.36. The molecule has 0 aliphatic heterocycles. The summed E-state index contributed by atoms with van der Waals surface area (Å²) in [6.45, 7) is 7.99. The third-order valence-corrected chi connectivity index (χ3v) is 3.68. The van der Waals surface area contributed by atoms with Gasteiger partial charge in [-0.2, -0.15) is 0 Å². The Morgan fingerprint density at radius 2 is 1.82 bits per heavy atom. The quantitative estimate of drug-likeness (QED) is 0.867. The van der Waals surface area contributed by atoms with E-state index in [1.165, 1.54) is 0 Å². The predicted octanol–water partition coefficient (Wildman–Crippen LogP) is 3.48. The molecule has 1 saturated carbocycles. The largest absolute Gasteiger partial charge is 0.490 e. The maximum atomic E-state index is 10.6. The average molecular weight is 234 g/mol. The Labute approximate surface area is 104 Å². The molecule has 0 aromatic heterocycles. The van der Waals surface area contributed by atoms with Crippen molar-refractivity contribution in [2.45, 2.75) is 52.2 Å². The summed E-state index contributed by atoms with van der Waals surface area (Å²) in [6.07, 6.45) is 2.70. The van der Waals surface area contributed by atoms with Gasteiger partial charge >= 0.3 is 0 Å². The van der Waals surface area contributed by atoms with Gasteiger partial charge < -0.3 is 9.84 Å². The van der Waals surface area contributed by atoms with Crippen molar-refractivity contribution >= 4 is 0 Å². The van der Waals surface area contributed by atoms with E-state index in [9.17, 15) is 5.11 Å². The summed E-state index contributed by atoms with van der Waals surface area (Å²) in [4.78, 5) is 0. The normalized spacial score (nSPS) is 19.8. The highest BCUT2D eigenvalue weighted by Gasteiger charge is 2.37. The van der Waals surface area contributed by atoms with Crippen LogP contribution in [-0.2, 0) is 5.60 Å². The van der Waals surface area contributed by atoms with Crippen LogP contribution in [0.15, 0.2) is 24.3 Å². The van der Waals surface area contributed by atoms with Gasteiger partial charge in [-0.05, 0) is 42.9 Å². The SMILES string of the molecule is CC(C)(C)C(C)(O)c1cccc(OC2CC2)c1. The maximum Gasteiger partial charge on any atom is 0.120 e. The van der Waals surface area contributed by atoms with Crippen molar-refractivity contribution in [1.29, 1.82) is 0 Å². The smallest absolute Gasteiger partial charge is 0.120 e. The molecule has 17 heavy (non-hydrogen) atoms. The first kappa shape index (κ1) is 12.4. The molecule has 2 rings (SSSR count). The van der Waals surface area contributed by atoms with E-state index in [2.05, 4.69) is 0 Å². The Morgan fingerprint density at radius 1 is 1.18 bits per heavy atom. The lowest BCUT2D eigenvalue weighted by atomic mass is 9.73. The molecule has 1 aliphatic rings. The van der Waals surface area contributed by atoms with Crippen molar-refractivity contribution in [1.82, 2.24) is 0 Å². The molecule has 0 bridgehead atoms. The van der Waals surface area contributed by atoms with Gasteiger partial charge in [0.15, 0.2) is 0 Å². The van der Waals surface area contributed by atoms with E-state index in [4.69, 9.17) is 4.74 Å². The van der Waals surface area contributed by atoms with E-state index < -0.39 is 5.60 Å². The highest BCUT2D eigenvalue weighted by molar-refractivity contribution is 5.33. The van der Waals surface area contributed by atoms with E-state index in [0.717, 1.165) is 24.2 Å². The summed E-state index contributed by atoms with van der Waals surface area (Å²) in [5, 5.41) is 10.6. The van der Waals surface area contributed by atoms with Crippen LogP contribution in [-0.4, -0.2) is 11.2 Å². The fourth-order valence-electron chi connectivity index (χ4n) is 1.68. The topological polar surface area (TPSA) is 29.5 Å². The first-order chi connectivity index (χ1) is 7.80. The molecule has 1 N–H and O–H groups in total. The van der Waals surface area contributed by atoms with Gasteiger partial charge in [0.25, 0.3) is 0 Å². The van der Waals surface area contributed by atoms with Crippen LogP contribution in [0.2, 0.25) is 0 Å². The van der Waals surface area contributed by atoms with Crippen LogP contribution >= 0.6 is 0 Å². The number of aliphatic hydroxyl groups is 1. The van der Waals surface area contributed by atoms with Gasteiger partial charge in [0.2, 0.25) is 0 Å². The van der Waals surface area contributed by atoms with Crippen molar-refractivity contribution in [3.05, 3.63) is 29.8 Å². The molecule has 1 aliphatic carbocycles. The van der Waals surface area contributed by atoms with Gasteiger partial charge in [-0.25, -0.2) is 0 Å². The molecule has 0 saturated heterocycles. The molecule has 1 atom stereocenters. The minimum absolute atomic E-state index is 0.203. The summed E-state index contributed by atoms with van der Waals surface area (Å²) >= 11 is 0. The Morgan fingerprint density at radius 3 is 2.35 bits per heavy atom. The molecular weight excluding hydrogens is 212 g/mol. The summed E-state index contributed by atoms with van der Waals surface area (Å²) in [5.41, 5.74) is -0.135. The van der Waals surface area contributed by atoms with Crippen LogP contribution in [0.5, 0.6) is 5.75 Å². The molecule has 2 nitrogen and oxygen atoms in total. The van der Waals surface area contributed by atoms with Crippen molar-refractivity contribution in [2.75, 3.05) is 0 Å². The van der Waals surface area contributed by atoms with Gasteiger partial charge in [-0.15, -0.1) is 0 Å². The maximum absolute atomic E-state index is 10.6. The highest BCUT2D eigenvalue weighted by atomic mass is 16.5. The van der Waals surface area contributed by atoms with E-state index in [1.807, 2.05) is 52.0 Å². The van der Waals surface area contributed by atoms with Crippen molar-refractivity contribution in [3.63, 3.8) is 0 Å². The van der Waals surface area contributed by atoms with Crippen LogP contribution in [0.4, 0.5) is 0 Å². The molecule has 0 radical (unpaired) electrons. The fraction of sp³-hybridized carbons (Fsp3) is 0.600. The molecule has 1 unspecified atom stereocenters. The summed E-state index contributed by atoms with van der Waals surface area (Å²) in [6, 6.07) is 7.84. The van der Waals surface area contributed by atoms with Gasteiger partial charge in [-0.3, -0.25) is 0 Å². The monoisotopic (exact) mass is 234 g/mol. The van der Waals surface area contributed by atoms with Crippen LogP contribution in [0.25, 0.3) is 0 Å². The molecule has 1 aromatic rings. The van der Waals surface area contributed by atoms with Crippen LogP contribution in [0, 0.1) is 5.41 Å². The Bertz CT molecular complexity index is 398. The minimum Gasteiger partial charge on any atom is -0.490 e. The number of rotatable bonds is 3. The molecule has 94 valence electrons. The van der Waals surface area contributed by atoms with E-state index in [-0.39, 0.29) is 5.41 Å². The average Bonchev–Trinajstić information content (AvgIpc) is 3.00. The van der Waals surface area contributed by atoms with Gasteiger partial charge in [0.1, 0.15) is 5.75 Å². The van der Waals surface area contributed by atoms with Gasteiger partial charge in [0, 0.05) is 0 Å². The van der Waals surface area contributed by atoms with Gasteiger partial charge in [0.05, 0.1) is 11.7 Å². The lowest BCUT2D eigenvalue weighted by molar-refractivity contribution is -0.0471. The Balaban J connectivity index is 2.25. The van der Waals surface area contributed by atoms with Crippen molar-refractivity contribution in [2.24, 2.45) is 5.41 Å². The van der Waals surface area contributed by atoms with Crippen LogP contribution in [0.1, 0.15) is 46.1 Å². The first-order valence-electron chi connectivity index (χ1n) is 6.30. The Hall–Kier alpha value is -1.02. The minimum atomic E-state index is -0.851. The lowest BCUT2D eigenvalue weighted by Gasteiger charge is -2.37. The van der Waals surface area contributed by atoms with Crippen LogP contribution in [0.3, 0.4) is 0 Å². The molecule has 1 fully saturated rings. The molecule has 1 aromatic carbocycles. The third-order valence-electron chi connectivity index (χ3n) is 3.68. The predicted molar refractivity (Wildman–Crippen MR) is 69.1 cm³/mol. The zero-order chi connectivity index (χ0) is 12.7. The number of benzene rings is 1. The second-order valence-corrected chi connectivity index (χ2v) is 6.17. The summed E-state index contributed by atoms with van der Waals surface area (Å²) in [7, 11) is 0. The zero-order valence-electron chi connectivity index (χ0n) is 11.2. The van der Waals surface area contributed by atoms with Gasteiger partial charge in [-0.1, -0.05) is 32.9 Å². The zero-order valence-corrected chi connectivity index (χ0v) is 11.2. The van der Waals surface area contributed by atoms with E-state index >= 15 is 0 Å². The molecule has 0 spiro atoms. The fourth-order valence-corrected chi connectivity index (χ4v) is 1.68. The molecule has 2 heteroatoms. The number of hydrogen-bond acceptors (Lipinski definition) is 2. The number of hydrogen-bond donors (Lipinski definition) is 1. The number of ether oxygens (including phenoxy) is 1. The molecule has 0 amide bonds. The highest BCUT2D eigenvalue weighted by Crippen LogP contribution is 2.40. The van der Waals surface area contributed by atoms with Crippen molar-refractivity contribution in [3.8, 4) is 5.75 Å². The molecule has 0 heterocycles. The molecular formula is C15H22O2. The summed E-state index contributed by atoms with van der Waals surface area (Å²) < 4.78 is 5.76. The first-order valence-corrected chi connectivity index (χ1v) is 6.30. The van der Waals surface area contributed by atoms with Crippen molar-refractivity contribution < 1.29 is 9.84 Å². The standard InChI is InChI=1S/C15H22O2/c1-14(2,3)15(4,16)11-6-5-7-13(10-11)17-12-8-9-12/h5-7,10,12,16H,8-9H2,1-4H3. The van der Waals surface area contributed by atoms with E-state index in [0.29, 0.717) is 6.10 Å². The van der Waals surface area contributed by atoms with E-state index in [1.54, 1.807) is 0 Å². The van der Waals surface area contributed by atoms with Crippen LogP contribution < -0.4 is 4.74 Å². The summed E-state index contributed by atoms with van der Waals surface area (Å²) in [5.74, 6) is 0.870.